The third-order valence-electron chi connectivity index (χ3n) is 3.42. The summed E-state index contributed by atoms with van der Waals surface area (Å²) in [6, 6.07) is 4.59. The van der Waals surface area contributed by atoms with Crippen LogP contribution in [0.5, 0.6) is 0 Å². The zero-order valence-electron chi connectivity index (χ0n) is 10.6. The number of carbonyl (C=O) groups is 1. The van der Waals surface area contributed by atoms with E-state index in [-0.39, 0.29) is 18.1 Å². The van der Waals surface area contributed by atoms with Gasteiger partial charge < -0.3 is 15.5 Å². The number of nitrogens with zero attached hydrogens (tertiary/aromatic N) is 2. The first kappa shape index (κ1) is 13.8. The fourth-order valence-corrected chi connectivity index (χ4v) is 3.84. The van der Waals surface area contributed by atoms with E-state index in [0.29, 0.717) is 6.54 Å². The Morgan fingerprint density at radius 3 is 2.89 bits per heavy atom. The Labute approximate surface area is 120 Å². The van der Waals surface area contributed by atoms with Gasteiger partial charge in [-0.3, -0.25) is 0 Å². The van der Waals surface area contributed by atoms with Crippen molar-refractivity contribution in [2.45, 2.75) is 25.4 Å². The van der Waals surface area contributed by atoms with Crippen molar-refractivity contribution >= 4 is 33.3 Å². The number of nitrogens with two attached hydrogens (primary N) is 1. The molecule has 0 radical (unpaired) electrons. The highest BCUT2D eigenvalue weighted by Gasteiger charge is 2.38. The average molecular weight is 332 g/mol. The largest absolute Gasteiger partial charge is 0.330 e. The topological polar surface area (TPSA) is 49.6 Å². The Morgan fingerprint density at radius 2 is 2.33 bits per heavy atom. The van der Waals surface area contributed by atoms with E-state index >= 15 is 0 Å². The molecule has 2 rings (SSSR count). The second-order valence-corrected chi connectivity index (χ2v) is 7.12. The van der Waals surface area contributed by atoms with E-state index in [1.54, 1.807) is 11.3 Å². The summed E-state index contributed by atoms with van der Waals surface area (Å²) in [5.74, 6) is 0. The van der Waals surface area contributed by atoms with Crippen molar-refractivity contribution in [3.8, 4) is 0 Å². The average Bonchev–Trinajstić information content (AvgIpc) is 2.86. The number of hydrogen-bond acceptors (Lipinski definition) is 3. The molecule has 0 aromatic carbocycles. The number of likely N-dealkylation sites (N-methyl/N-ethyl adjacent to an activating group) is 1. The minimum atomic E-state index is 0.102. The lowest BCUT2D eigenvalue weighted by atomic mass is 10.2. The van der Waals surface area contributed by atoms with Crippen LogP contribution in [0.3, 0.4) is 0 Å². The van der Waals surface area contributed by atoms with Crippen LogP contribution in [0, 0.1) is 0 Å². The van der Waals surface area contributed by atoms with Gasteiger partial charge in [0.1, 0.15) is 0 Å². The maximum Gasteiger partial charge on any atom is 0.320 e. The van der Waals surface area contributed by atoms with Crippen molar-refractivity contribution in [2.75, 3.05) is 20.1 Å². The number of thiophene rings is 1. The Hall–Kier alpha value is -0.590. The first-order valence-corrected chi connectivity index (χ1v) is 7.64. The van der Waals surface area contributed by atoms with Crippen molar-refractivity contribution in [1.82, 2.24) is 9.80 Å². The molecule has 100 valence electrons. The SMILES string of the molecule is CC(CCN)N1CC(c2ccc(Br)s2)N(C)C1=O. The number of rotatable bonds is 4. The number of hydrogen-bond donors (Lipinski definition) is 1. The Morgan fingerprint density at radius 1 is 1.61 bits per heavy atom. The van der Waals surface area contributed by atoms with Crippen molar-refractivity contribution in [1.29, 1.82) is 0 Å². The van der Waals surface area contributed by atoms with Crippen LogP contribution >= 0.6 is 27.3 Å². The zero-order chi connectivity index (χ0) is 13.3. The maximum absolute atomic E-state index is 12.2. The van der Waals surface area contributed by atoms with Crippen molar-refractivity contribution in [2.24, 2.45) is 5.73 Å². The molecule has 0 spiro atoms. The summed E-state index contributed by atoms with van der Waals surface area (Å²) in [5, 5.41) is 0. The molecule has 0 bridgehead atoms. The van der Waals surface area contributed by atoms with Gasteiger partial charge in [-0.15, -0.1) is 11.3 Å². The Bertz CT molecular complexity index is 437. The Kier molecular flexibility index (Phi) is 4.29. The molecule has 2 unspecified atom stereocenters. The van der Waals surface area contributed by atoms with E-state index in [4.69, 9.17) is 5.73 Å². The van der Waals surface area contributed by atoms with Crippen LogP contribution < -0.4 is 5.73 Å². The molecule has 1 fully saturated rings. The summed E-state index contributed by atoms with van der Waals surface area (Å²) in [4.78, 5) is 17.2. The van der Waals surface area contributed by atoms with E-state index in [1.807, 2.05) is 22.9 Å². The van der Waals surface area contributed by atoms with E-state index in [9.17, 15) is 4.79 Å². The highest BCUT2D eigenvalue weighted by atomic mass is 79.9. The molecule has 4 nitrogen and oxygen atoms in total. The van der Waals surface area contributed by atoms with Gasteiger partial charge in [-0.1, -0.05) is 0 Å². The third kappa shape index (κ3) is 2.55. The molecular weight excluding hydrogens is 314 g/mol. The van der Waals surface area contributed by atoms with Gasteiger partial charge in [0.2, 0.25) is 0 Å². The van der Waals surface area contributed by atoms with E-state index in [2.05, 4.69) is 28.9 Å². The van der Waals surface area contributed by atoms with Gasteiger partial charge in [0.25, 0.3) is 0 Å². The molecule has 2 heterocycles. The second-order valence-electron chi connectivity index (χ2n) is 4.63. The predicted molar refractivity (Wildman–Crippen MR) is 77.8 cm³/mol. The Balaban J connectivity index is 2.14. The van der Waals surface area contributed by atoms with Crippen LogP contribution in [0.2, 0.25) is 0 Å². The summed E-state index contributed by atoms with van der Waals surface area (Å²) < 4.78 is 1.10. The highest BCUT2D eigenvalue weighted by molar-refractivity contribution is 9.11. The van der Waals surface area contributed by atoms with Crippen LogP contribution in [0.1, 0.15) is 24.3 Å². The van der Waals surface area contributed by atoms with Gasteiger partial charge in [-0.25, -0.2) is 4.79 Å². The number of carbonyl (C=O) groups excluding carboxylic acids is 1. The van der Waals surface area contributed by atoms with Crippen LogP contribution in [-0.2, 0) is 0 Å². The first-order chi connectivity index (χ1) is 8.54. The molecule has 6 heteroatoms. The van der Waals surface area contributed by atoms with E-state index in [1.165, 1.54) is 4.88 Å². The molecule has 1 aromatic rings. The first-order valence-electron chi connectivity index (χ1n) is 6.03. The molecule has 18 heavy (non-hydrogen) atoms. The molecule has 0 saturated carbocycles. The number of amides is 2. The van der Waals surface area contributed by atoms with Crippen LogP contribution in [0.25, 0.3) is 0 Å². The normalized spacial score (nSPS) is 21.8. The number of urea groups is 1. The fraction of sp³-hybridized carbons (Fsp3) is 0.583. The van der Waals surface area contributed by atoms with Gasteiger partial charge in [0.05, 0.1) is 9.83 Å². The molecule has 1 aromatic heterocycles. The molecule has 1 aliphatic heterocycles. The molecule has 2 amide bonds. The lowest BCUT2D eigenvalue weighted by Gasteiger charge is -2.23. The molecular formula is C12H18BrN3OS. The van der Waals surface area contributed by atoms with Gasteiger partial charge >= 0.3 is 6.03 Å². The summed E-state index contributed by atoms with van der Waals surface area (Å²) in [6.45, 7) is 3.43. The minimum absolute atomic E-state index is 0.102. The lowest BCUT2D eigenvalue weighted by Crippen LogP contribution is -2.37. The molecule has 0 aliphatic carbocycles. The standard InChI is InChI=1S/C12H18BrN3OS/c1-8(5-6-14)16-7-9(15(2)12(16)17)10-3-4-11(13)18-10/h3-4,8-9H,5-7,14H2,1-2H3. The number of halogens is 1. The maximum atomic E-state index is 12.2. The van der Waals surface area contributed by atoms with Crippen LogP contribution in [0.4, 0.5) is 4.79 Å². The molecule has 2 atom stereocenters. The summed E-state index contributed by atoms with van der Waals surface area (Å²) in [7, 11) is 1.87. The van der Waals surface area contributed by atoms with Crippen LogP contribution in [-0.4, -0.2) is 42.0 Å². The zero-order valence-corrected chi connectivity index (χ0v) is 13.0. The lowest BCUT2D eigenvalue weighted by molar-refractivity contribution is 0.183. The van der Waals surface area contributed by atoms with Gasteiger partial charge in [-0.2, -0.15) is 0 Å². The molecule has 1 aliphatic rings. The summed E-state index contributed by atoms with van der Waals surface area (Å²) in [5.41, 5.74) is 5.57. The second kappa shape index (κ2) is 5.59. The monoisotopic (exact) mass is 331 g/mol. The van der Waals surface area contributed by atoms with Crippen molar-refractivity contribution in [3.05, 3.63) is 20.8 Å². The smallest absolute Gasteiger partial charge is 0.320 e. The van der Waals surface area contributed by atoms with Crippen LogP contribution in [0.15, 0.2) is 15.9 Å². The van der Waals surface area contributed by atoms with E-state index < -0.39 is 0 Å². The van der Waals surface area contributed by atoms with Gasteiger partial charge in [0.15, 0.2) is 0 Å². The van der Waals surface area contributed by atoms with Crippen molar-refractivity contribution in [3.63, 3.8) is 0 Å². The van der Waals surface area contributed by atoms with Gasteiger partial charge in [0, 0.05) is 24.5 Å². The third-order valence-corrected chi connectivity index (χ3v) is 5.15. The minimum Gasteiger partial charge on any atom is -0.330 e. The summed E-state index contributed by atoms with van der Waals surface area (Å²) >= 11 is 5.16. The predicted octanol–water partition coefficient (Wildman–Crippen LogP) is 2.66. The fourth-order valence-electron chi connectivity index (χ4n) is 2.28. The van der Waals surface area contributed by atoms with E-state index in [0.717, 1.165) is 16.8 Å². The van der Waals surface area contributed by atoms with Crippen molar-refractivity contribution < 1.29 is 4.79 Å². The summed E-state index contributed by atoms with van der Waals surface area (Å²) in [6.07, 6.45) is 0.848. The quantitative estimate of drug-likeness (QED) is 0.922. The molecule has 1 saturated heterocycles. The molecule has 2 N–H and O–H groups in total. The highest BCUT2D eigenvalue weighted by Crippen LogP contribution is 2.35. The van der Waals surface area contributed by atoms with Gasteiger partial charge in [-0.05, 0) is 48.0 Å².